The highest BCUT2D eigenvalue weighted by Crippen LogP contribution is 2.31. The molecule has 1 aromatic rings. The molecule has 720 valence electrons. The van der Waals surface area contributed by atoms with E-state index in [9.17, 15) is 77.3 Å². The van der Waals surface area contributed by atoms with Gasteiger partial charge >= 0.3 is 17.9 Å². The van der Waals surface area contributed by atoms with Crippen molar-refractivity contribution < 1.29 is 129 Å². The lowest BCUT2D eigenvalue weighted by atomic mass is 9.89. The summed E-state index contributed by atoms with van der Waals surface area (Å²) in [4.78, 5) is 186. The monoisotopic (exact) mass is 1790 g/mol. The van der Waals surface area contributed by atoms with Crippen molar-refractivity contribution in [3.63, 3.8) is 0 Å². The molecule has 9 N–H and O–H groups in total. The van der Waals surface area contributed by atoms with Crippen molar-refractivity contribution in [1.29, 1.82) is 0 Å². The molecule has 38 nitrogen and oxygen atoms in total. The van der Waals surface area contributed by atoms with Crippen LogP contribution < -0.4 is 37.2 Å². The van der Waals surface area contributed by atoms with E-state index >= 15 is 0 Å². The summed E-state index contributed by atoms with van der Waals surface area (Å²) < 4.78 is 59.7. The van der Waals surface area contributed by atoms with Crippen molar-refractivity contribution >= 4 is 82.9 Å². The van der Waals surface area contributed by atoms with Crippen molar-refractivity contribution in [3.05, 3.63) is 35.9 Å². The van der Waals surface area contributed by atoms with Gasteiger partial charge in [0.25, 0.3) is 0 Å². The third kappa shape index (κ3) is 42.2. The number of hydrogen-bond donors (Lipinski definition) is 9. The largest absolute Gasteiger partial charge is 0.464 e. The third-order valence-corrected chi connectivity index (χ3v) is 22.1. The van der Waals surface area contributed by atoms with Crippen molar-refractivity contribution in [2.75, 3.05) is 148 Å². The lowest BCUT2D eigenvalue weighted by Gasteiger charge is -2.41. The van der Waals surface area contributed by atoms with Gasteiger partial charge in [0.1, 0.15) is 31.3 Å². The fraction of sp³-hybridized carbons (Fsp3) is 0.773. The fourth-order valence-electron chi connectivity index (χ4n) is 14.3. The van der Waals surface area contributed by atoms with Gasteiger partial charge in [-0.2, -0.15) is 0 Å². The summed E-state index contributed by atoms with van der Waals surface area (Å²) in [5.41, 5.74) is 0.802. The molecular weight excluding hydrogens is 1640 g/mol. The minimum atomic E-state index is -1.000. The van der Waals surface area contributed by atoms with E-state index in [-0.39, 0.29) is 233 Å². The molecule has 6 unspecified atom stereocenters. The smallest absolute Gasteiger partial charge is 0.328 e. The highest BCUT2D eigenvalue weighted by atomic mass is 16.7. The van der Waals surface area contributed by atoms with Gasteiger partial charge in [-0.3, -0.25) is 72.1 Å². The van der Waals surface area contributed by atoms with Gasteiger partial charge in [0, 0.05) is 132 Å². The molecule has 126 heavy (non-hydrogen) atoms. The van der Waals surface area contributed by atoms with Crippen molar-refractivity contribution in [2.45, 2.75) is 259 Å². The average Bonchev–Trinajstić information content (AvgIpc) is 1.37. The first kappa shape index (κ1) is 114. The molecular formula is C88H151N11O27. The molecule has 3 rings (SSSR count). The number of aliphatic hydroxyl groups is 2. The molecule has 0 aromatic heterocycles. The second-order valence-corrected chi connectivity index (χ2v) is 32.6. The van der Waals surface area contributed by atoms with E-state index < -0.39 is 115 Å². The number of esters is 3. The number of aliphatic hydroxyl groups excluding tert-OH is 2. The van der Waals surface area contributed by atoms with Crippen LogP contribution in [-0.2, 0) is 126 Å². The molecule has 11 amide bonds. The van der Waals surface area contributed by atoms with Gasteiger partial charge < -0.3 is 109 Å². The van der Waals surface area contributed by atoms with Crippen LogP contribution in [0.1, 0.15) is 185 Å². The Labute approximate surface area is 744 Å². The summed E-state index contributed by atoms with van der Waals surface area (Å²) in [6.07, 6.45) is 0.141. The Morgan fingerprint density at radius 3 is 1.60 bits per heavy atom. The highest BCUT2D eigenvalue weighted by Gasteiger charge is 2.45. The standard InChI is InChI=1S/C58H99N7O15.C30H52N4O12/c1-16-38(7)52(64(12)57(73)50(36(3)4)62-56(72)51(37(5)6)63(10)11)45(75-13)33-47(68)65-30-22-26-44(65)53(77-15)39(8)54(70)61-43(32-41-24-19-18-20-25-41)55(71)59-29-23-31-78-58(74)40(9)60-46(67)27-21-28-48(69)79-35-49(76-14)80-42(17-2)34-66;1-5-23(19-35)46-28(42-4)20-45-27(39)8-6-7-24(36)31-11-12-32-26(38)10-15-43-17-18-44-16-13-33-25(37)9-14-34-29(40)21(2)22(3)30(34)41/h18-20,24-25,36-40,42-45,49-53,66H,16-17,21-23,26-35H2,1-15H3,(H,59,71)(H,60,67)(H,61,70)(H,62,72);21-23,28,35H,5-20H2,1-4H3,(H,31,36)(H,32,38)(H,33,37)/t38-,39+,40-,42?,43-,44-,45+,49?,50-,51-,52-,53+;/m0./s1. The number of likely N-dealkylation sites (tertiary alicyclic amines) is 2. The molecule has 0 aliphatic carbocycles. The van der Waals surface area contributed by atoms with Crippen LogP contribution in [0.2, 0.25) is 0 Å². The molecule has 2 aliphatic heterocycles. The van der Waals surface area contributed by atoms with Gasteiger partial charge in [-0.05, 0) is 89.3 Å². The van der Waals surface area contributed by atoms with Gasteiger partial charge in [-0.1, -0.05) is 113 Å². The van der Waals surface area contributed by atoms with E-state index in [1.165, 1.54) is 35.4 Å². The number of hydrogen-bond acceptors (Lipinski definition) is 28. The Kier molecular flexibility index (Phi) is 57.3. The van der Waals surface area contributed by atoms with E-state index in [1.807, 2.05) is 105 Å². The summed E-state index contributed by atoms with van der Waals surface area (Å²) >= 11 is 0. The van der Waals surface area contributed by atoms with Crippen LogP contribution in [0, 0.1) is 35.5 Å². The van der Waals surface area contributed by atoms with Crippen LogP contribution >= 0.6 is 0 Å². The van der Waals surface area contributed by atoms with Crippen LogP contribution in [0.25, 0.3) is 0 Å². The second kappa shape index (κ2) is 63.5. The maximum Gasteiger partial charge on any atom is 0.328 e. The Morgan fingerprint density at radius 1 is 0.548 bits per heavy atom. The van der Waals surface area contributed by atoms with Crippen LogP contribution in [0.3, 0.4) is 0 Å². The topological polar surface area (TPSA) is 478 Å². The van der Waals surface area contributed by atoms with Crippen LogP contribution in [-0.4, -0.2) is 334 Å². The molecule has 0 saturated carbocycles. The first-order chi connectivity index (χ1) is 59.9. The molecule has 16 atom stereocenters. The summed E-state index contributed by atoms with van der Waals surface area (Å²) in [5.74, 6) is -6.94. The number of ether oxygens (including phenoxy) is 11. The van der Waals surface area contributed by atoms with Gasteiger partial charge in [0.05, 0.1) is 101 Å². The molecule has 1 aromatic carbocycles. The Balaban J connectivity index is 0.000000989. The molecule has 2 saturated heterocycles. The van der Waals surface area contributed by atoms with E-state index in [0.717, 1.165) is 10.5 Å². The van der Waals surface area contributed by atoms with Gasteiger partial charge in [0.15, 0.2) is 12.6 Å². The number of imide groups is 1. The Morgan fingerprint density at radius 2 is 1.09 bits per heavy atom. The number of nitrogens with zero attached hydrogens (tertiary/aromatic N) is 4. The minimum Gasteiger partial charge on any atom is -0.464 e. The van der Waals surface area contributed by atoms with E-state index in [0.29, 0.717) is 45.1 Å². The van der Waals surface area contributed by atoms with Gasteiger partial charge in [0.2, 0.25) is 65.0 Å². The van der Waals surface area contributed by atoms with E-state index in [1.54, 1.807) is 37.6 Å². The summed E-state index contributed by atoms with van der Waals surface area (Å²) in [6, 6.07) is 4.97. The van der Waals surface area contributed by atoms with E-state index in [4.69, 9.17) is 52.1 Å². The molecule has 0 radical (unpaired) electrons. The van der Waals surface area contributed by atoms with Crippen molar-refractivity contribution in [2.24, 2.45) is 35.5 Å². The predicted molar refractivity (Wildman–Crippen MR) is 464 cm³/mol. The number of likely N-dealkylation sites (N-methyl/N-ethyl adjacent to an activating group) is 2. The van der Waals surface area contributed by atoms with Crippen molar-refractivity contribution in [1.82, 2.24) is 56.8 Å². The lowest BCUT2D eigenvalue weighted by Crippen LogP contribution is -2.59. The zero-order valence-corrected chi connectivity index (χ0v) is 78.1. The summed E-state index contributed by atoms with van der Waals surface area (Å²) in [7, 11) is 11.2. The number of benzene rings is 1. The maximum absolute atomic E-state index is 14.5. The maximum atomic E-state index is 14.5. The summed E-state index contributed by atoms with van der Waals surface area (Å²) in [6.45, 7) is 23.6. The number of nitrogens with one attached hydrogen (secondary N) is 7. The third-order valence-electron chi connectivity index (χ3n) is 22.1. The van der Waals surface area contributed by atoms with Crippen LogP contribution in [0.5, 0.6) is 0 Å². The average molecular weight is 1800 g/mol. The number of methoxy groups -OCH3 is 4. The fourth-order valence-corrected chi connectivity index (χ4v) is 14.3. The van der Waals surface area contributed by atoms with Gasteiger partial charge in [-0.25, -0.2) is 4.79 Å². The molecule has 2 aliphatic rings. The Hall–Kier alpha value is -8.44. The van der Waals surface area contributed by atoms with Crippen LogP contribution in [0.4, 0.5) is 0 Å². The second-order valence-electron chi connectivity index (χ2n) is 32.6. The highest BCUT2D eigenvalue weighted by molar-refractivity contribution is 6.05. The lowest BCUT2D eigenvalue weighted by molar-refractivity contribution is -0.194. The zero-order valence-electron chi connectivity index (χ0n) is 78.1. The Bertz CT molecular complexity index is 3400. The van der Waals surface area contributed by atoms with E-state index in [2.05, 4.69) is 37.2 Å². The normalized spacial score (nSPS) is 17.6. The minimum absolute atomic E-state index is 0.00492. The molecule has 2 fully saturated rings. The number of carbonyl (C=O) groups is 14. The van der Waals surface area contributed by atoms with Crippen LogP contribution in [0.15, 0.2) is 30.3 Å². The quantitative estimate of drug-likeness (QED) is 0.0149. The number of amides is 11. The van der Waals surface area contributed by atoms with Gasteiger partial charge in [-0.15, -0.1) is 0 Å². The molecule has 0 spiro atoms. The zero-order chi connectivity index (χ0) is 94.5. The first-order valence-electron chi connectivity index (χ1n) is 44.3. The SMILES string of the molecule is CCC(CO)OC(COC(=O)CCCC(=O)NCCNC(=O)CCOCCOCCNC(=O)CCN1C(=O)C(C)C(C)C1=O)OC.CCC(CO)OC(COC(=O)CCCC(=O)N[C@@H](C)C(=O)OCCCNC(=O)[C@H](Cc1ccccc1)NC(=O)[C@H](C)[C@@H](OC)[C@@H]1CCCN1C(=O)C[C@@H](OC)[C@H]([C@@H](C)CC)N(C)C(=O)[C@@H](NC(=O)[C@H](C(C)C)N(C)C)C(C)C)OC. The number of carbonyl (C=O) groups excluding carboxylic acids is 14. The predicted octanol–water partition coefficient (Wildman–Crippen LogP) is 2.65. The molecule has 38 heteroatoms. The van der Waals surface area contributed by atoms with Crippen molar-refractivity contribution in [3.8, 4) is 0 Å². The summed E-state index contributed by atoms with van der Waals surface area (Å²) in [5, 5.41) is 37.9. The first-order valence-corrected chi connectivity index (χ1v) is 44.3. The molecule has 2 heterocycles. The molecule has 0 bridgehead atoms. The number of rotatable bonds is 64.